The van der Waals surface area contributed by atoms with Crippen molar-refractivity contribution in [3.8, 4) is 0 Å². The first-order chi connectivity index (χ1) is 14.5. The molecule has 2 aliphatic rings. The molecule has 1 aromatic carbocycles. The van der Waals surface area contributed by atoms with Crippen molar-refractivity contribution < 1.29 is 9.23 Å². The van der Waals surface area contributed by atoms with Gasteiger partial charge in [-0.15, -0.1) is 0 Å². The lowest BCUT2D eigenvalue weighted by Crippen LogP contribution is -2.25. The van der Waals surface area contributed by atoms with E-state index in [4.69, 9.17) is 10.6 Å². The highest BCUT2D eigenvalue weighted by molar-refractivity contribution is 7.12. The lowest BCUT2D eigenvalue weighted by molar-refractivity contribution is 0.109. The van der Waals surface area contributed by atoms with E-state index in [0.717, 1.165) is 30.1 Å². The van der Waals surface area contributed by atoms with Crippen LogP contribution in [0.1, 0.15) is 25.3 Å². The van der Waals surface area contributed by atoms with E-state index in [9.17, 15) is 9.59 Å². The Bertz CT molecular complexity index is 1290. The topological polar surface area (TPSA) is 105 Å². The van der Waals surface area contributed by atoms with E-state index in [1.165, 1.54) is 13.2 Å². The number of halogens is 1. The van der Waals surface area contributed by atoms with Gasteiger partial charge >= 0.3 is 0 Å². The molecular formula is C20H22FN5O3S. The number of hydroxylamine groups is 1. The number of nitrogens with two attached hydrogens (primary N) is 1. The number of pyridine rings is 1. The second-order valence-corrected chi connectivity index (χ2v) is 8.55. The summed E-state index contributed by atoms with van der Waals surface area (Å²) in [7, 11) is 1.51. The van der Waals surface area contributed by atoms with Gasteiger partial charge in [-0.1, -0.05) is 0 Å². The molecule has 0 amide bonds. The minimum atomic E-state index is -0.505. The number of hydrogen-bond acceptors (Lipinski definition) is 7. The Balaban J connectivity index is 1.79. The molecule has 1 aliphatic carbocycles. The lowest BCUT2D eigenvalue weighted by atomic mass is 10.0. The Morgan fingerprint density at radius 2 is 2.13 bits per heavy atom. The summed E-state index contributed by atoms with van der Waals surface area (Å²) < 4.78 is 19.9. The first kappa shape index (κ1) is 19.3. The summed E-state index contributed by atoms with van der Waals surface area (Å²) in [5.74, 6) is -0.488. The van der Waals surface area contributed by atoms with Crippen LogP contribution < -0.4 is 27.1 Å². The molecule has 2 aromatic heterocycles. The zero-order valence-corrected chi connectivity index (χ0v) is 17.2. The smallest absolute Gasteiger partial charge is 0.271 e. The van der Waals surface area contributed by atoms with Gasteiger partial charge in [0.2, 0.25) is 5.43 Å². The lowest BCUT2D eigenvalue weighted by Gasteiger charge is -2.22. The minimum absolute atomic E-state index is 0.0172. The van der Waals surface area contributed by atoms with Crippen LogP contribution in [0.5, 0.6) is 0 Å². The number of fused-ring (bicyclic) bond motifs is 2. The Kier molecular flexibility index (Phi) is 4.64. The van der Waals surface area contributed by atoms with E-state index >= 15 is 4.39 Å². The summed E-state index contributed by atoms with van der Waals surface area (Å²) in [5, 5.41) is 0.336. The monoisotopic (exact) mass is 431 g/mol. The molecule has 1 unspecified atom stereocenters. The van der Waals surface area contributed by atoms with Crippen LogP contribution >= 0.6 is 11.5 Å². The van der Waals surface area contributed by atoms with Crippen LogP contribution in [0.15, 0.2) is 33.6 Å². The molecule has 1 saturated carbocycles. The number of rotatable bonds is 6. The van der Waals surface area contributed by atoms with Crippen LogP contribution in [0.4, 0.5) is 10.1 Å². The van der Waals surface area contributed by atoms with Crippen molar-refractivity contribution in [1.82, 2.24) is 14.4 Å². The molecule has 5 rings (SSSR count). The predicted molar refractivity (Wildman–Crippen MR) is 115 cm³/mol. The molecule has 158 valence electrons. The number of hydrogen-bond donors (Lipinski definition) is 3. The van der Waals surface area contributed by atoms with E-state index < -0.39 is 16.8 Å². The number of H-pyrrole nitrogens is 1. The maximum Gasteiger partial charge on any atom is 0.271 e. The van der Waals surface area contributed by atoms with Crippen molar-refractivity contribution in [1.29, 1.82) is 0 Å². The minimum Gasteiger partial charge on any atom is -0.342 e. The van der Waals surface area contributed by atoms with Gasteiger partial charge in [0.1, 0.15) is 16.0 Å². The van der Waals surface area contributed by atoms with Crippen LogP contribution in [-0.2, 0) is 4.84 Å². The summed E-state index contributed by atoms with van der Waals surface area (Å²) in [6.07, 6.45) is 4.38. The van der Waals surface area contributed by atoms with E-state index in [0.29, 0.717) is 29.9 Å². The molecule has 0 bridgehead atoms. The fourth-order valence-electron chi connectivity index (χ4n) is 4.35. The molecule has 3 aromatic rings. The van der Waals surface area contributed by atoms with Crippen molar-refractivity contribution >= 4 is 38.3 Å². The molecule has 3 heterocycles. The predicted octanol–water partition coefficient (Wildman–Crippen LogP) is 2.16. The molecule has 30 heavy (non-hydrogen) atoms. The van der Waals surface area contributed by atoms with Crippen LogP contribution in [-0.4, -0.2) is 29.1 Å². The number of benzene rings is 1. The Hall–Kier alpha value is -2.69. The molecule has 10 heteroatoms. The highest BCUT2D eigenvalue weighted by atomic mass is 32.1. The van der Waals surface area contributed by atoms with E-state index in [-0.39, 0.29) is 28.4 Å². The van der Waals surface area contributed by atoms with Gasteiger partial charge in [0, 0.05) is 24.7 Å². The maximum atomic E-state index is 15.2. The quantitative estimate of drug-likeness (QED) is 0.517. The Labute approximate surface area is 174 Å². The third kappa shape index (κ3) is 2.86. The fraction of sp³-hybridized carbons (Fsp3) is 0.400. The summed E-state index contributed by atoms with van der Waals surface area (Å²) in [6.45, 7) is 0.929. The number of nitrogens with zero attached hydrogens (tertiary/aromatic N) is 2. The molecular weight excluding hydrogens is 409 g/mol. The van der Waals surface area contributed by atoms with Gasteiger partial charge in [-0.25, -0.2) is 4.39 Å². The molecule has 4 N–H and O–H groups in total. The highest BCUT2D eigenvalue weighted by Gasteiger charge is 2.33. The van der Waals surface area contributed by atoms with Crippen LogP contribution in [0, 0.1) is 11.7 Å². The molecule has 8 nitrogen and oxygen atoms in total. The number of aromatic amines is 1. The van der Waals surface area contributed by atoms with Crippen LogP contribution in [0.2, 0.25) is 0 Å². The second-order valence-electron chi connectivity index (χ2n) is 7.75. The fourth-order valence-corrected chi connectivity index (χ4v) is 5.27. The van der Waals surface area contributed by atoms with Crippen molar-refractivity contribution in [3.05, 3.63) is 50.4 Å². The number of nitrogens with one attached hydrogen (secondary N) is 2. The summed E-state index contributed by atoms with van der Waals surface area (Å²) in [6, 6.07) is 3.25. The molecule has 0 radical (unpaired) electrons. The average Bonchev–Trinajstić information content (AvgIpc) is 3.38. The van der Waals surface area contributed by atoms with E-state index in [1.807, 2.05) is 4.57 Å². The van der Waals surface area contributed by atoms with Crippen molar-refractivity contribution in [2.24, 2.45) is 11.7 Å². The van der Waals surface area contributed by atoms with Crippen molar-refractivity contribution in [2.75, 3.05) is 25.1 Å². The Morgan fingerprint density at radius 1 is 1.33 bits per heavy atom. The van der Waals surface area contributed by atoms with Crippen LogP contribution in [0.25, 0.3) is 21.1 Å². The maximum absolute atomic E-state index is 15.2. The van der Waals surface area contributed by atoms with Gasteiger partial charge < -0.3 is 15.2 Å². The van der Waals surface area contributed by atoms with Gasteiger partial charge in [-0.05, 0) is 49.5 Å². The second kappa shape index (κ2) is 7.22. The normalized spacial score (nSPS) is 19.1. The van der Waals surface area contributed by atoms with Gasteiger partial charge in [-0.3, -0.25) is 24.3 Å². The van der Waals surface area contributed by atoms with E-state index in [2.05, 4.69) is 9.85 Å². The highest BCUT2D eigenvalue weighted by Crippen LogP contribution is 2.42. The third-order valence-electron chi connectivity index (χ3n) is 5.81. The Morgan fingerprint density at radius 3 is 2.83 bits per heavy atom. The third-order valence-corrected chi connectivity index (χ3v) is 6.69. The standard InChI is InChI=1S/C20H22FN5O3S/c1-29-23-13-9-25(8-10(13)6-7-22)17-12(21)4-5-14-15(17)18(27)16-19(28)24-30-20(16)26(14)11-2-3-11/h4-5,9-11,23H,2-3,6-8,22H2,1H3,(H,24,28). The first-order valence-corrected chi connectivity index (χ1v) is 10.7. The molecule has 1 aliphatic heterocycles. The zero-order valence-electron chi connectivity index (χ0n) is 16.4. The van der Waals surface area contributed by atoms with E-state index in [1.54, 1.807) is 17.2 Å². The van der Waals surface area contributed by atoms with Crippen molar-refractivity contribution in [2.45, 2.75) is 25.3 Å². The SMILES string of the molecule is CONC1=CN(c2c(F)ccc3c2c(=O)c2c(=O)[nH]sc2n3C2CC2)CC1CCN. The molecule has 1 atom stereocenters. The van der Waals surface area contributed by atoms with Crippen molar-refractivity contribution in [3.63, 3.8) is 0 Å². The first-order valence-electron chi connectivity index (χ1n) is 9.90. The molecule has 1 fully saturated rings. The number of anilines is 1. The number of aromatic nitrogens is 2. The van der Waals surface area contributed by atoms with Gasteiger partial charge in [0.15, 0.2) is 0 Å². The molecule has 0 saturated heterocycles. The van der Waals surface area contributed by atoms with Gasteiger partial charge in [-0.2, -0.15) is 0 Å². The van der Waals surface area contributed by atoms with Crippen LogP contribution in [0.3, 0.4) is 0 Å². The molecule has 0 spiro atoms. The van der Waals surface area contributed by atoms with Gasteiger partial charge in [0.25, 0.3) is 5.56 Å². The van der Waals surface area contributed by atoms with Gasteiger partial charge in [0.05, 0.1) is 29.4 Å². The summed E-state index contributed by atoms with van der Waals surface area (Å²) >= 11 is 1.16. The zero-order chi connectivity index (χ0) is 21.0. The average molecular weight is 431 g/mol. The largest absolute Gasteiger partial charge is 0.342 e. The summed E-state index contributed by atoms with van der Waals surface area (Å²) in [5.41, 5.74) is 9.34. The summed E-state index contributed by atoms with van der Waals surface area (Å²) in [4.78, 5) is 33.2.